The third-order valence-corrected chi connectivity index (χ3v) is 6.47. The van der Waals surface area contributed by atoms with Gasteiger partial charge in [-0.3, -0.25) is 0 Å². The predicted molar refractivity (Wildman–Crippen MR) is 118 cm³/mol. The second-order valence-corrected chi connectivity index (χ2v) is 8.38. The number of hydrogen-bond donors (Lipinski definition) is 1. The van der Waals surface area contributed by atoms with Gasteiger partial charge in [0.15, 0.2) is 0 Å². The molecule has 3 aliphatic heterocycles. The first-order valence-electron chi connectivity index (χ1n) is 9.62. The Morgan fingerprint density at radius 1 is 0.593 bits per heavy atom. The van der Waals surface area contributed by atoms with Gasteiger partial charge in [0.05, 0.1) is 0 Å². The molecule has 27 heavy (non-hydrogen) atoms. The summed E-state index contributed by atoms with van der Waals surface area (Å²) in [7, 11) is 4.42. The summed E-state index contributed by atoms with van der Waals surface area (Å²) in [5, 5.41) is 3.76. The maximum Gasteiger partial charge on any atom is 0.257 e. The van der Waals surface area contributed by atoms with Gasteiger partial charge >= 0.3 is 0 Å². The van der Waals surface area contributed by atoms with Gasteiger partial charge in [-0.2, -0.15) is 0 Å². The zero-order valence-corrected chi connectivity index (χ0v) is 16.4. The van der Waals surface area contributed by atoms with Crippen LogP contribution >= 0.6 is 0 Å². The Morgan fingerprint density at radius 3 is 1.41 bits per heavy atom. The lowest BCUT2D eigenvalue weighted by molar-refractivity contribution is 1.16. The molecule has 0 atom stereocenters. The van der Waals surface area contributed by atoms with Gasteiger partial charge in [-0.25, -0.2) is 0 Å². The normalized spacial score (nSPS) is 14.9. The summed E-state index contributed by atoms with van der Waals surface area (Å²) < 4.78 is 0. The van der Waals surface area contributed by atoms with Crippen LogP contribution in [-0.2, 0) is 0 Å². The molecule has 0 radical (unpaired) electrons. The summed E-state index contributed by atoms with van der Waals surface area (Å²) in [5.41, 5.74) is 16.0. The molecular weight excluding hydrogens is 329 g/mol. The van der Waals surface area contributed by atoms with Gasteiger partial charge in [0, 0.05) is 48.2 Å². The number of nitrogens with zero attached hydrogens (tertiary/aromatic N) is 2. The van der Waals surface area contributed by atoms with Crippen molar-refractivity contribution in [3.63, 3.8) is 0 Å². The van der Waals surface area contributed by atoms with E-state index in [9.17, 15) is 0 Å². The molecule has 3 aromatic rings. The molecule has 3 aromatic carbocycles. The SMILES string of the molecule is Cc1cc2c3c(c1)N(C)c1cc(C)cc4c1B3c1c(cc(C)cc1N4C)N2. The first-order chi connectivity index (χ1) is 12.9. The van der Waals surface area contributed by atoms with E-state index in [1.807, 2.05) is 0 Å². The van der Waals surface area contributed by atoms with Crippen molar-refractivity contribution in [1.29, 1.82) is 0 Å². The van der Waals surface area contributed by atoms with Crippen LogP contribution in [0.4, 0.5) is 34.1 Å². The summed E-state index contributed by atoms with van der Waals surface area (Å²) >= 11 is 0. The maximum atomic E-state index is 3.76. The van der Waals surface area contributed by atoms with Crippen LogP contribution in [-0.4, -0.2) is 20.8 Å². The van der Waals surface area contributed by atoms with E-state index in [1.165, 1.54) is 67.2 Å². The lowest BCUT2D eigenvalue weighted by Crippen LogP contribution is -2.64. The Balaban J connectivity index is 1.81. The Bertz CT molecular complexity index is 1090. The van der Waals surface area contributed by atoms with Crippen molar-refractivity contribution in [2.45, 2.75) is 20.8 Å². The highest BCUT2D eigenvalue weighted by molar-refractivity contribution is 7.02. The molecule has 0 fully saturated rings. The Morgan fingerprint density at radius 2 is 0.963 bits per heavy atom. The van der Waals surface area contributed by atoms with E-state index >= 15 is 0 Å². The van der Waals surface area contributed by atoms with E-state index in [0.29, 0.717) is 6.71 Å². The number of rotatable bonds is 0. The largest absolute Gasteiger partial charge is 0.356 e. The molecule has 0 amide bonds. The van der Waals surface area contributed by atoms with Crippen molar-refractivity contribution in [2.24, 2.45) is 0 Å². The number of aryl methyl sites for hydroxylation is 3. The molecule has 4 heteroatoms. The fourth-order valence-corrected chi connectivity index (χ4v) is 5.37. The highest BCUT2D eigenvalue weighted by Gasteiger charge is 2.45. The average molecular weight is 351 g/mol. The smallest absolute Gasteiger partial charge is 0.257 e. The Hall–Kier alpha value is -2.88. The Labute approximate surface area is 160 Å². The second-order valence-electron chi connectivity index (χ2n) is 8.38. The van der Waals surface area contributed by atoms with Crippen molar-refractivity contribution < 1.29 is 0 Å². The molecule has 0 saturated carbocycles. The molecule has 3 heterocycles. The minimum atomic E-state index is 0.306. The molecule has 0 aliphatic carbocycles. The van der Waals surface area contributed by atoms with Gasteiger partial charge in [-0.05, 0) is 90.2 Å². The van der Waals surface area contributed by atoms with E-state index < -0.39 is 0 Å². The van der Waals surface area contributed by atoms with Gasteiger partial charge < -0.3 is 15.1 Å². The van der Waals surface area contributed by atoms with Crippen LogP contribution in [0.1, 0.15) is 16.7 Å². The average Bonchev–Trinajstić information content (AvgIpc) is 2.61. The molecule has 0 saturated heterocycles. The molecule has 132 valence electrons. The van der Waals surface area contributed by atoms with E-state index in [2.05, 4.69) is 86.4 Å². The summed E-state index contributed by atoms with van der Waals surface area (Å²) in [4.78, 5) is 4.77. The lowest BCUT2D eigenvalue weighted by atomic mass is 9.32. The number of anilines is 6. The lowest BCUT2D eigenvalue weighted by Gasteiger charge is -2.45. The van der Waals surface area contributed by atoms with E-state index in [0.717, 1.165) is 0 Å². The summed E-state index contributed by atoms with van der Waals surface area (Å²) in [5.74, 6) is 0. The number of nitrogens with one attached hydrogen (secondary N) is 1. The van der Waals surface area contributed by atoms with Crippen molar-refractivity contribution in [1.82, 2.24) is 0 Å². The number of hydrogen-bond acceptors (Lipinski definition) is 3. The van der Waals surface area contributed by atoms with Crippen molar-refractivity contribution in [3.05, 3.63) is 53.1 Å². The summed E-state index contributed by atoms with van der Waals surface area (Å²) in [6.07, 6.45) is 0. The maximum absolute atomic E-state index is 3.76. The van der Waals surface area contributed by atoms with Crippen LogP contribution in [0.25, 0.3) is 0 Å². The fraction of sp³-hybridized carbons (Fsp3) is 0.217. The summed E-state index contributed by atoms with van der Waals surface area (Å²) in [6, 6.07) is 14.0. The molecule has 0 aromatic heterocycles. The molecule has 0 unspecified atom stereocenters. The highest BCUT2D eigenvalue weighted by Crippen LogP contribution is 2.42. The van der Waals surface area contributed by atoms with Crippen LogP contribution in [0.5, 0.6) is 0 Å². The molecule has 3 aliphatic rings. The highest BCUT2D eigenvalue weighted by atomic mass is 15.2. The molecule has 6 rings (SSSR count). The summed E-state index contributed by atoms with van der Waals surface area (Å²) in [6.45, 7) is 6.89. The van der Waals surface area contributed by atoms with Crippen LogP contribution in [0.3, 0.4) is 0 Å². The van der Waals surface area contributed by atoms with Gasteiger partial charge in [-0.1, -0.05) is 0 Å². The molecule has 1 N–H and O–H groups in total. The van der Waals surface area contributed by atoms with Crippen molar-refractivity contribution in [3.8, 4) is 0 Å². The van der Waals surface area contributed by atoms with Gasteiger partial charge in [-0.15, -0.1) is 0 Å². The minimum Gasteiger partial charge on any atom is -0.356 e. The first-order valence-corrected chi connectivity index (χ1v) is 9.62. The van der Waals surface area contributed by atoms with Crippen LogP contribution in [0.2, 0.25) is 0 Å². The topological polar surface area (TPSA) is 18.5 Å². The Kier molecular flexibility index (Phi) is 2.64. The van der Waals surface area contributed by atoms with E-state index in [4.69, 9.17) is 0 Å². The third-order valence-electron chi connectivity index (χ3n) is 6.47. The van der Waals surface area contributed by atoms with E-state index in [-0.39, 0.29) is 0 Å². The number of benzene rings is 3. The van der Waals surface area contributed by atoms with Crippen molar-refractivity contribution >= 4 is 57.2 Å². The fourth-order valence-electron chi connectivity index (χ4n) is 5.37. The van der Waals surface area contributed by atoms with Gasteiger partial charge in [0.25, 0.3) is 6.71 Å². The molecular formula is C23H22BN3. The van der Waals surface area contributed by atoms with Crippen LogP contribution in [0, 0.1) is 20.8 Å². The quantitative estimate of drug-likeness (QED) is 0.490. The monoisotopic (exact) mass is 351 g/mol. The van der Waals surface area contributed by atoms with E-state index in [1.54, 1.807) is 0 Å². The molecule has 3 nitrogen and oxygen atoms in total. The molecule has 0 spiro atoms. The standard InChI is InChI=1S/C23H22BN3/c1-12-6-15-21-17(8-12)26(4)19-10-14(3)11-20-23(19)24(21)22-16(25-15)7-13(2)9-18(22)27(20)5/h6-11,25H,1-5H3. The predicted octanol–water partition coefficient (Wildman–Crippen LogP) is 3.35. The van der Waals surface area contributed by atoms with Crippen LogP contribution in [0.15, 0.2) is 36.4 Å². The second kappa shape index (κ2) is 4.69. The minimum absolute atomic E-state index is 0.306. The van der Waals surface area contributed by atoms with Crippen molar-refractivity contribution in [2.75, 3.05) is 29.2 Å². The van der Waals surface area contributed by atoms with Crippen LogP contribution < -0.4 is 31.5 Å². The van der Waals surface area contributed by atoms with Gasteiger partial charge in [0.2, 0.25) is 0 Å². The zero-order valence-electron chi connectivity index (χ0n) is 16.4. The zero-order chi connectivity index (χ0) is 18.6. The third kappa shape index (κ3) is 1.73. The first kappa shape index (κ1) is 15.2. The molecule has 0 bridgehead atoms. The van der Waals surface area contributed by atoms with Gasteiger partial charge in [0.1, 0.15) is 0 Å².